The lowest BCUT2D eigenvalue weighted by molar-refractivity contribution is 1.04. The van der Waals surface area contributed by atoms with Crippen LogP contribution < -0.4 is 0 Å². The molecular weight excluding hydrogens is 144 g/mol. The van der Waals surface area contributed by atoms with Gasteiger partial charge in [0.15, 0.2) is 0 Å². The summed E-state index contributed by atoms with van der Waals surface area (Å²) >= 11 is 0. The number of rotatable bonds is 1. The van der Waals surface area contributed by atoms with Gasteiger partial charge in [0.1, 0.15) is 0 Å². The maximum Gasteiger partial charge on any atom is -0.0102 e. The summed E-state index contributed by atoms with van der Waals surface area (Å²) in [5.74, 6) is 0. The molecule has 2 rings (SSSR count). The predicted molar refractivity (Wildman–Crippen MR) is 55.0 cm³/mol. The summed E-state index contributed by atoms with van der Waals surface area (Å²) in [4.78, 5) is 0. The van der Waals surface area contributed by atoms with Crippen molar-refractivity contribution in [2.24, 2.45) is 0 Å². The fourth-order valence-corrected chi connectivity index (χ4v) is 1.45. The SMILES string of the molecule is C1=C2CCC(=C1)C2.C=CC=CC. The van der Waals surface area contributed by atoms with Crippen molar-refractivity contribution in [1.29, 1.82) is 0 Å². The highest BCUT2D eigenvalue weighted by Crippen LogP contribution is 2.34. The van der Waals surface area contributed by atoms with E-state index in [0.29, 0.717) is 0 Å². The van der Waals surface area contributed by atoms with Gasteiger partial charge in [0.2, 0.25) is 0 Å². The van der Waals surface area contributed by atoms with Gasteiger partial charge < -0.3 is 0 Å². The van der Waals surface area contributed by atoms with E-state index in [9.17, 15) is 0 Å². The van der Waals surface area contributed by atoms with E-state index in [0.717, 1.165) is 0 Å². The van der Waals surface area contributed by atoms with Gasteiger partial charge in [-0.3, -0.25) is 0 Å². The number of fused-ring (bicyclic) bond motifs is 2. The molecule has 0 aliphatic heterocycles. The molecule has 0 aromatic carbocycles. The van der Waals surface area contributed by atoms with Crippen LogP contribution in [0.4, 0.5) is 0 Å². The Bertz CT molecular complexity index is 221. The zero-order valence-corrected chi connectivity index (χ0v) is 7.72. The zero-order chi connectivity index (χ0) is 8.81. The van der Waals surface area contributed by atoms with E-state index < -0.39 is 0 Å². The summed E-state index contributed by atoms with van der Waals surface area (Å²) in [6.07, 6.45) is 14.1. The van der Waals surface area contributed by atoms with Gasteiger partial charge in [-0.2, -0.15) is 0 Å². The smallest absolute Gasteiger partial charge is 0.0102 e. The first kappa shape index (κ1) is 9.05. The van der Waals surface area contributed by atoms with Gasteiger partial charge in [-0.25, -0.2) is 0 Å². The van der Waals surface area contributed by atoms with Gasteiger partial charge in [0.05, 0.1) is 0 Å². The molecule has 2 bridgehead atoms. The van der Waals surface area contributed by atoms with Crippen molar-refractivity contribution >= 4 is 0 Å². The predicted octanol–water partition coefficient (Wildman–Crippen LogP) is 3.79. The highest BCUT2D eigenvalue weighted by Gasteiger charge is 2.14. The van der Waals surface area contributed by atoms with E-state index in [-0.39, 0.29) is 0 Å². The Morgan fingerprint density at radius 2 is 1.83 bits per heavy atom. The van der Waals surface area contributed by atoms with E-state index in [1.807, 2.05) is 19.1 Å². The largest absolute Gasteiger partial charge is 0.0991 e. The number of hydrogen-bond acceptors (Lipinski definition) is 0. The first-order valence-corrected chi connectivity index (χ1v) is 4.48. The standard InChI is InChI=1S/C7H8.C5H8/c1-2-7-4-3-6(1)5-7;1-3-5-4-2/h1-2H,3-5H2;3-5H,1H2,2H3. The van der Waals surface area contributed by atoms with Crippen LogP contribution >= 0.6 is 0 Å². The summed E-state index contributed by atoms with van der Waals surface area (Å²) in [6, 6.07) is 0. The molecule has 0 unspecified atom stereocenters. The quantitative estimate of drug-likeness (QED) is 0.512. The summed E-state index contributed by atoms with van der Waals surface area (Å²) in [5.41, 5.74) is 3.30. The third kappa shape index (κ3) is 2.54. The molecule has 2 aliphatic rings. The van der Waals surface area contributed by atoms with Gasteiger partial charge in [-0.15, -0.1) is 0 Å². The van der Waals surface area contributed by atoms with Crippen LogP contribution in [-0.2, 0) is 0 Å². The van der Waals surface area contributed by atoms with E-state index in [1.54, 1.807) is 17.2 Å². The Balaban J connectivity index is 0.000000130. The number of allylic oxidation sites excluding steroid dienone is 7. The van der Waals surface area contributed by atoms with E-state index in [4.69, 9.17) is 0 Å². The Morgan fingerprint density at radius 3 is 1.92 bits per heavy atom. The molecule has 0 atom stereocenters. The third-order valence-corrected chi connectivity index (χ3v) is 2.10. The normalized spacial score (nSPS) is 18.4. The molecule has 0 amide bonds. The van der Waals surface area contributed by atoms with Crippen molar-refractivity contribution in [2.45, 2.75) is 26.2 Å². The van der Waals surface area contributed by atoms with Gasteiger partial charge in [0.25, 0.3) is 0 Å². The van der Waals surface area contributed by atoms with Crippen molar-refractivity contribution < 1.29 is 0 Å². The molecule has 0 spiro atoms. The number of hydrogen-bond donors (Lipinski definition) is 0. The van der Waals surface area contributed by atoms with Crippen LogP contribution in [0.2, 0.25) is 0 Å². The highest BCUT2D eigenvalue weighted by atomic mass is 14.2. The molecule has 0 heteroatoms. The van der Waals surface area contributed by atoms with Gasteiger partial charge in [-0.1, -0.05) is 48.1 Å². The molecule has 64 valence electrons. The topological polar surface area (TPSA) is 0 Å². The molecule has 1 fully saturated rings. The lowest BCUT2D eigenvalue weighted by Crippen LogP contribution is -1.67. The lowest BCUT2D eigenvalue weighted by atomic mass is 10.2. The minimum Gasteiger partial charge on any atom is -0.0991 e. The van der Waals surface area contributed by atoms with Crippen LogP contribution in [0.1, 0.15) is 26.2 Å². The van der Waals surface area contributed by atoms with Gasteiger partial charge in [-0.05, 0) is 26.2 Å². The minimum absolute atomic E-state index is 1.31. The van der Waals surface area contributed by atoms with Crippen LogP contribution in [0.25, 0.3) is 0 Å². The van der Waals surface area contributed by atoms with Gasteiger partial charge >= 0.3 is 0 Å². The molecule has 0 N–H and O–H groups in total. The molecule has 0 aromatic rings. The van der Waals surface area contributed by atoms with Crippen LogP contribution in [0, 0.1) is 0 Å². The van der Waals surface area contributed by atoms with Crippen molar-refractivity contribution in [2.75, 3.05) is 0 Å². The first-order valence-electron chi connectivity index (χ1n) is 4.48. The fourth-order valence-electron chi connectivity index (χ4n) is 1.45. The van der Waals surface area contributed by atoms with Crippen LogP contribution in [0.5, 0.6) is 0 Å². The molecule has 0 radical (unpaired) electrons. The minimum atomic E-state index is 1.31. The molecular formula is C12H16. The Labute approximate surface area is 75.0 Å². The summed E-state index contributed by atoms with van der Waals surface area (Å²) in [7, 11) is 0. The monoisotopic (exact) mass is 160 g/mol. The van der Waals surface area contributed by atoms with E-state index in [2.05, 4.69) is 18.7 Å². The maximum atomic E-state index is 3.46. The average Bonchev–Trinajstić information content (AvgIpc) is 2.69. The summed E-state index contributed by atoms with van der Waals surface area (Å²) in [6.45, 7) is 5.42. The van der Waals surface area contributed by atoms with Crippen LogP contribution in [-0.4, -0.2) is 0 Å². The van der Waals surface area contributed by atoms with Crippen molar-refractivity contribution in [3.05, 3.63) is 48.1 Å². The zero-order valence-electron chi connectivity index (χ0n) is 7.72. The Kier molecular flexibility index (Phi) is 3.59. The van der Waals surface area contributed by atoms with E-state index >= 15 is 0 Å². The highest BCUT2D eigenvalue weighted by molar-refractivity contribution is 5.36. The molecule has 0 nitrogen and oxygen atoms in total. The Morgan fingerprint density at radius 1 is 1.25 bits per heavy atom. The van der Waals surface area contributed by atoms with Gasteiger partial charge in [0, 0.05) is 0 Å². The second kappa shape index (κ2) is 4.76. The second-order valence-corrected chi connectivity index (χ2v) is 3.09. The molecule has 12 heavy (non-hydrogen) atoms. The van der Waals surface area contributed by atoms with Crippen LogP contribution in [0.15, 0.2) is 48.1 Å². The summed E-state index contributed by atoms with van der Waals surface area (Å²) in [5, 5.41) is 0. The molecule has 2 aliphatic carbocycles. The maximum absolute atomic E-state index is 3.46. The fraction of sp³-hybridized carbons (Fsp3) is 0.333. The summed E-state index contributed by atoms with van der Waals surface area (Å²) < 4.78 is 0. The molecule has 0 heterocycles. The Hall–Kier alpha value is -1.04. The third-order valence-electron chi connectivity index (χ3n) is 2.10. The second-order valence-electron chi connectivity index (χ2n) is 3.09. The molecule has 0 saturated heterocycles. The first-order chi connectivity index (χ1) is 5.86. The van der Waals surface area contributed by atoms with Crippen molar-refractivity contribution in [3.8, 4) is 0 Å². The molecule has 0 aromatic heterocycles. The van der Waals surface area contributed by atoms with E-state index in [1.165, 1.54) is 19.3 Å². The van der Waals surface area contributed by atoms with Crippen molar-refractivity contribution in [1.82, 2.24) is 0 Å². The van der Waals surface area contributed by atoms with Crippen LogP contribution in [0.3, 0.4) is 0 Å². The van der Waals surface area contributed by atoms with Crippen molar-refractivity contribution in [3.63, 3.8) is 0 Å². The average molecular weight is 160 g/mol. The molecule has 1 saturated carbocycles. The lowest BCUT2D eigenvalue weighted by Gasteiger charge is -1.87.